The maximum Gasteiger partial charge on any atom is 0.332 e. The number of amides is 1. The van der Waals surface area contributed by atoms with Crippen LogP contribution in [0.3, 0.4) is 0 Å². The lowest BCUT2D eigenvalue weighted by molar-refractivity contribution is -0.136. The van der Waals surface area contributed by atoms with Gasteiger partial charge in [0.25, 0.3) is 0 Å². The highest BCUT2D eigenvalue weighted by molar-refractivity contribution is 5.86. The van der Waals surface area contributed by atoms with Crippen LogP contribution in [0.1, 0.15) is 19.8 Å². The maximum absolute atomic E-state index is 10.2. The molecule has 1 N–H and O–H groups in total. The van der Waals surface area contributed by atoms with E-state index >= 15 is 0 Å². The number of hydrogen-bond donors (Lipinski definition) is 1. The summed E-state index contributed by atoms with van der Waals surface area (Å²) in [5.74, 6) is -0.144. The molecule has 13 heavy (non-hydrogen) atoms. The molecule has 0 bridgehead atoms. The highest BCUT2D eigenvalue weighted by Gasteiger charge is 2.05. The van der Waals surface area contributed by atoms with Crippen molar-refractivity contribution in [2.75, 3.05) is 13.7 Å². The summed E-state index contributed by atoms with van der Waals surface area (Å²) in [6.07, 6.45) is 1.76. The Hall–Kier alpha value is -1.32. The smallest absolute Gasteiger partial charge is 0.332 e. The van der Waals surface area contributed by atoms with Crippen molar-refractivity contribution in [2.24, 2.45) is 0 Å². The van der Waals surface area contributed by atoms with Crippen LogP contribution in [0, 0.1) is 0 Å². The molecule has 74 valence electrons. The van der Waals surface area contributed by atoms with Gasteiger partial charge in [-0.25, -0.2) is 4.79 Å². The van der Waals surface area contributed by atoms with Gasteiger partial charge >= 0.3 is 5.97 Å². The number of nitrogens with one attached hydrogen (secondary N) is 1. The van der Waals surface area contributed by atoms with E-state index in [1.165, 1.54) is 7.11 Å². The van der Waals surface area contributed by atoms with Crippen molar-refractivity contribution >= 4 is 11.9 Å². The van der Waals surface area contributed by atoms with Gasteiger partial charge in [-0.3, -0.25) is 4.79 Å². The third kappa shape index (κ3) is 5.90. The predicted molar refractivity (Wildman–Crippen MR) is 49.1 cm³/mol. The number of ether oxygens (including phenoxy) is 1. The van der Waals surface area contributed by atoms with Gasteiger partial charge in [0.1, 0.15) is 0 Å². The Bertz CT molecular complexity index is 203. The maximum atomic E-state index is 10.2. The fourth-order valence-corrected chi connectivity index (χ4v) is 0.739. The van der Waals surface area contributed by atoms with Crippen LogP contribution in [0.25, 0.3) is 0 Å². The van der Waals surface area contributed by atoms with Gasteiger partial charge in [-0.05, 0) is 13.3 Å². The van der Waals surface area contributed by atoms with Crippen LogP contribution < -0.4 is 5.32 Å². The predicted octanol–water partition coefficient (Wildman–Crippen LogP) is 0.632. The molecule has 0 radical (unpaired) electrons. The molecule has 0 aromatic heterocycles. The summed E-state index contributed by atoms with van der Waals surface area (Å²) in [5.41, 5.74) is 0.433. The highest BCUT2D eigenvalue weighted by atomic mass is 16.5. The van der Waals surface area contributed by atoms with E-state index < -0.39 is 0 Å². The van der Waals surface area contributed by atoms with Gasteiger partial charge in [-0.1, -0.05) is 6.58 Å². The van der Waals surface area contributed by atoms with Crippen molar-refractivity contribution in [3.05, 3.63) is 12.2 Å². The van der Waals surface area contributed by atoms with Crippen LogP contribution in [-0.2, 0) is 14.3 Å². The Morgan fingerprint density at radius 3 is 2.31 bits per heavy atom. The van der Waals surface area contributed by atoms with E-state index in [4.69, 9.17) is 0 Å². The van der Waals surface area contributed by atoms with Crippen molar-refractivity contribution < 1.29 is 14.3 Å². The third-order valence-electron chi connectivity index (χ3n) is 1.44. The summed E-state index contributed by atoms with van der Waals surface area (Å²) in [6.45, 7) is 5.84. The van der Waals surface area contributed by atoms with Gasteiger partial charge in [0.15, 0.2) is 0 Å². The molecule has 0 spiro atoms. The van der Waals surface area contributed by atoms with Gasteiger partial charge in [0, 0.05) is 18.5 Å². The van der Waals surface area contributed by atoms with Gasteiger partial charge in [-0.2, -0.15) is 0 Å². The number of methoxy groups -OCH3 is 1. The zero-order valence-corrected chi connectivity index (χ0v) is 8.05. The second kappa shape index (κ2) is 6.22. The second-order valence-electron chi connectivity index (χ2n) is 2.73. The van der Waals surface area contributed by atoms with Crippen LogP contribution >= 0.6 is 0 Å². The zero-order valence-electron chi connectivity index (χ0n) is 8.05. The molecule has 0 unspecified atom stereocenters. The quantitative estimate of drug-likeness (QED) is 0.481. The minimum Gasteiger partial charge on any atom is -0.466 e. The van der Waals surface area contributed by atoms with Crippen LogP contribution in [0.5, 0.6) is 0 Å². The molecule has 0 atom stereocenters. The third-order valence-corrected chi connectivity index (χ3v) is 1.44. The molecule has 4 nitrogen and oxygen atoms in total. The summed E-state index contributed by atoms with van der Waals surface area (Å²) >= 11 is 0. The average molecular weight is 185 g/mol. The molecule has 1 aliphatic heterocycles. The summed E-state index contributed by atoms with van der Waals surface area (Å²) in [5, 5.41) is 2.68. The Balaban J connectivity index is 0.000000223. The average Bonchev–Trinajstić information content (AvgIpc) is 2.55. The van der Waals surface area contributed by atoms with E-state index in [2.05, 4.69) is 16.6 Å². The van der Waals surface area contributed by atoms with E-state index in [0.717, 1.165) is 19.4 Å². The SMILES string of the molecule is C=C(C)C(=O)OC.O=C1CCCN1. The molecular weight excluding hydrogens is 170 g/mol. The largest absolute Gasteiger partial charge is 0.466 e. The highest BCUT2D eigenvalue weighted by Crippen LogP contribution is 1.93. The van der Waals surface area contributed by atoms with Crippen molar-refractivity contribution in [2.45, 2.75) is 19.8 Å². The minimum absolute atomic E-state index is 0.204. The normalized spacial score (nSPS) is 13.8. The van der Waals surface area contributed by atoms with Crippen LogP contribution in [0.2, 0.25) is 0 Å². The van der Waals surface area contributed by atoms with E-state index in [-0.39, 0.29) is 11.9 Å². The number of esters is 1. The van der Waals surface area contributed by atoms with Crippen molar-refractivity contribution in [1.82, 2.24) is 5.32 Å². The fraction of sp³-hybridized carbons (Fsp3) is 0.556. The first-order valence-electron chi connectivity index (χ1n) is 4.08. The summed E-state index contributed by atoms with van der Waals surface area (Å²) in [4.78, 5) is 20.3. The minimum atomic E-state index is -0.347. The molecule has 0 aromatic rings. The second-order valence-corrected chi connectivity index (χ2v) is 2.73. The molecule has 1 heterocycles. The van der Waals surface area contributed by atoms with Gasteiger partial charge in [0.2, 0.25) is 5.91 Å². The Labute approximate surface area is 78.0 Å². The topological polar surface area (TPSA) is 55.4 Å². The first kappa shape index (κ1) is 11.7. The van der Waals surface area contributed by atoms with Crippen LogP contribution in [0.15, 0.2) is 12.2 Å². The molecule has 0 aromatic carbocycles. The fourth-order valence-electron chi connectivity index (χ4n) is 0.739. The lowest BCUT2D eigenvalue weighted by atomic mass is 10.4. The number of rotatable bonds is 1. The Morgan fingerprint density at radius 1 is 1.62 bits per heavy atom. The number of hydrogen-bond acceptors (Lipinski definition) is 3. The lowest BCUT2D eigenvalue weighted by Gasteiger charge is -1.91. The number of carbonyl (C=O) groups is 2. The first-order chi connectivity index (χ1) is 6.07. The monoisotopic (exact) mass is 185 g/mol. The molecule has 0 saturated carbocycles. The number of carbonyl (C=O) groups excluding carboxylic acids is 2. The van der Waals surface area contributed by atoms with Gasteiger partial charge in [0.05, 0.1) is 7.11 Å². The molecule has 1 amide bonds. The Morgan fingerprint density at radius 2 is 2.23 bits per heavy atom. The van der Waals surface area contributed by atoms with Crippen LogP contribution in [0.4, 0.5) is 0 Å². The molecule has 1 rings (SSSR count). The Kier molecular flexibility index (Phi) is 5.59. The van der Waals surface area contributed by atoms with Gasteiger partial charge < -0.3 is 10.1 Å². The molecule has 0 aliphatic carbocycles. The molecular formula is C9H15NO3. The van der Waals surface area contributed by atoms with E-state index in [0.29, 0.717) is 5.57 Å². The van der Waals surface area contributed by atoms with Crippen molar-refractivity contribution in [3.63, 3.8) is 0 Å². The molecule has 4 heteroatoms. The summed E-state index contributed by atoms with van der Waals surface area (Å²) in [6, 6.07) is 0. The standard InChI is InChI=1S/C5H8O2.C4H7NO/c1-4(2)5(6)7-3;6-4-2-1-3-5-4/h1H2,2-3H3;1-3H2,(H,5,6). The summed E-state index contributed by atoms with van der Waals surface area (Å²) < 4.78 is 4.27. The van der Waals surface area contributed by atoms with E-state index in [1.807, 2.05) is 0 Å². The molecule has 1 aliphatic rings. The van der Waals surface area contributed by atoms with E-state index in [9.17, 15) is 9.59 Å². The summed E-state index contributed by atoms with van der Waals surface area (Å²) in [7, 11) is 1.33. The molecule has 1 fully saturated rings. The van der Waals surface area contributed by atoms with Crippen LogP contribution in [-0.4, -0.2) is 25.5 Å². The molecule has 1 saturated heterocycles. The lowest BCUT2D eigenvalue weighted by Crippen LogP contribution is -2.12. The zero-order chi connectivity index (χ0) is 10.3. The van der Waals surface area contributed by atoms with E-state index in [1.54, 1.807) is 6.92 Å². The van der Waals surface area contributed by atoms with Crippen molar-refractivity contribution in [1.29, 1.82) is 0 Å². The first-order valence-corrected chi connectivity index (χ1v) is 4.08. The van der Waals surface area contributed by atoms with Crippen molar-refractivity contribution in [3.8, 4) is 0 Å². The van der Waals surface area contributed by atoms with Gasteiger partial charge in [-0.15, -0.1) is 0 Å².